The Morgan fingerprint density at radius 1 is 0.944 bits per heavy atom. The fraction of sp³-hybridized carbons (Fsp3) is 1.00. The molecule has 0 unspecified atom stereocenters. The van der Waals surface area contributed by atoms with Gasteiger partial charge in [0.05, 0.1) is 0 Å². The summed E-state index contributed by atoms with van der Waals surface area (Å²) in [4.78, 5) is 7.76. The minimum atomic E-state index is 0.483. The van der Waals surface area contributed by atoms with E-state index in [-0.39, 0.29) is 0 Å². The lowest BCUT2D eigenvalue weighted by Gasteiger charge is -2.52. The highest BCUT2D eigenvalue weighted by Gasteiger charge is 2.40. The van der Waals surface area contributed by atoms with Gasteiger partial charge in [-0.1, -0.05) is 20.8 Å². The molecular weight excluding hydrogens is 222 g/mol. The molecule has 18 heavy (non-hydrogen) atoms. The van der Waals surface area contributed by atoms with Crippen LogP contribution in [0.15, 0.2) is 0 Å². The SMILES string of the molecule is CC.CCCN1CCC2(CC1)CN(C)CCN2C. The molecule has 0 aromatic carbocycles. The van der Waals surface area contributed by atoms with Gasteiger partial charge < -0.3 is 9.80 Å². The van der Waals surface area contributed by atoms with Crippen molar-refractivity contribution in [3.8, 4) is 0 Å². The maximum absolute atomic E-state index is 2.63. The number of rotatable bonds is 2. The Morgan fingerprint density at radius 2 is 1.56 bits per heavy atom. The normalized spacial score (nSPS) is 25.8. The van der Waals surface area contributed by atoms with E-state index < -0.39 is 0 Å². The summed E-state index contributed by atoms with van der Waals surface area (Å²) in [5.41, 5.74) is 0.483. The van der Waals surface area contributed by atoms with Crippen molar-refractivity contribution in [3.05, 3.63) is 0 Å². The second-order valence-corrected chi connectivity index (χ2v) is 5.73. The van der Waals surface area contributed by atoms with E-state index >= 15 is 0 Å². The van der Waals surface area contributed by atoms with Crippen molar-refractivity contribution in [1.29, 1.82) is 0 Å². The van der Waals surface area contributed by atoms with Crippen LogP contribution < -0.4 is 0 Å². The highest BCUT2D eigenvalue weighted by molar-refractivity contribution is 4.98. The van der Waals surface area contributed by atoms with Gasteiger partial charge in [-0.3, -0.25) is 4.90 Å². The highest BCUT2D eigenvalue weighted by atomic mass is 15.3. The van der Waals surface area contributed by atoms with Gasteiger partial charge >= 0.3 is 0 Å². The number of hydrogen-bond acceptors (Lipinski definition) is 3. The molecule has 0 aromatic heterocycles. The molecule has 2 aliphatic heterocycles. The molecule has 0 atom stereocenters. The van der Waals surface area contributed by atoms with Gasteiger partial charge in [0, 0.05) is 25.2 Å². The lowest BCUT2D eigenvalue weighted by Crippen LogP contribution is -2.63. The average Bonchev–Trinajstić information content (AvgIpc) is 2.40. The van der Waals surface area contributed by atoms with E-state index in [9.17, 15) is 0 Å². The second-order valence-electron chi connectivity index (χ2n) is 5.73. The van der Waals surface area contributed by atoms with Crippen molar-refractivity contribution in [2.45, 2.75) is 45.6 Å². The van der Waals surface area contributed by atoms with Crippen LogP contribution in [-0.4, -0.2) is 73.6 Å². The zero-order valence-corrected chi connectivity index (χ0v) is 13.2. The number of piperazine rings is 1. The molecule has 0 radical (unpaired) electrons. The Balaban J connectivity index is 0.000000771. The Hall–Kier alpha value is -0.120. The van der Waals surface area contributed by atoms with Crippen LogP contribution in [-0.2, 0) is 0 Å². The first-order valence-corrected chi connectivity index (χ1v) is 7.78. The largest absolute Gasteiger partial charge is 0.303 e. The molecule has 108 valence electrons. The Morgan fingerprint density at radius 3 is 2.11 bits per heavy atom. The van der Waals surface area contributed by atoms with Crippen molar-refractivity contribution in [1.82, 2.24) is 14.7 Å². The van der Waals surface area contributed by atoms with Crippen molar-refractivity contribution >= 4 is 0 Å². The number of hydrogen-bond donors (Lipinski definition) is 0. The number of piperidine rings is 1. The third-order valence-electron chi connectivity index (χ3n) is 4.52. The van der Waals surface area contributed by atoms with Gasteiger partial charge in [0.25, 0.3) is 0 Å². The molecule has 1 spiro atoms. The Kier molecular flexibility index (Phi) is 6.61. The molecule has 0 aromatic rings. The van der Waals surface area contributed by atoms with Crippen LogP contribution in [0.1, 0.15) is 40.0 Å². The molecule has 0 saturated carbocycles. The van der Waals surface area contributed by atoms with Gasteiger partial charge in [-0.15, -0.1) is 0 Å². The summed E-state index contributed by atoms with van der Waals surface area (Å²) in [6.07, 6.45) is 4.00. The highest BCUT2D eigenvalue weighted by Crippen LogP contribution is 2.31. The summed E-state index contributed by atoms with van der Waals surface area (Å²) in [7, 11) is 4.59. The first kappa shape index (κ1) is 15.9. The molecule has 0 amide bonds. The summed E-state index contributed by atoms with van der Waals surface area (Å²) in [6, 6.07) is 0. The Labute approximate surface area is 114 Å². The van der Waals surface area contributed by atoms with Crippen LogP contribution >= 0.6 is 0 Å². The van der Waals surface area contributed by atoms with Crippen LogP contribution in [0.25, 0.3) is 0 Å². The maximum atomic E-state index is 2.63. The van der Waals surface area contributed by atoms with E-state index in [1.165, 1.54) is 58.5 Å². The topological polar surface area (TPSA) is 9.72 Å². The van der Waals surface area contributed by atoms with E-state index in [4.69, 9.17) is 0 Å². The van der Waals surface area contributed by atoms with Crippen molar-refractivity contribution in [3.63, 3.8) is 0 Å². The van der Waals surface area contributed by atoms with Gasteiger partial charge in [-0.2, -0.15) is 0 Å². The molecule has 3 heteroatoms. The fourth-order valence-electron chi connectivity index (χ4n) is 3.31. The van der Waals surface area contributed by atoms with Crippen molar-refractivity contribution in [2.24, 2.45) is 0 Å². The molecule has 2 saturated heterocycles. The predicted molar refractivity (Wildman–Crippen MR) is 80.2 cm³/mol. The molecule has 2 fully saturated rings. The minimum Gasteiger partial charge on any atom is -0.303 e. The zero-order chi connectivity index (χ0) is 13.6. The van der Waals surface area contributed by atoms with E-state index in [0.717, 1.165) is 0 Å². The molecule has 2 heterocycles. The predicted octanol–water partition coefficient (Wildman–Crippen LogP) is 2.13. The molecule has 0 aliphatic carbocycles. The van der Waals surface area contributed by atoms with Crippen molar-refractivity contribution in [2.75, 3.05) is 53.4 Å². The van der Waals surface area contributed by atoms with Gasteiger partial charge in [0.2, 0.25) is 0 Å². The van der Waals surface area contributed by atoms with Crippen LogP contribution in [0.5, 0.6) is 0 Å². The second kappa shape index (κ2) is 7.46. The first-order valence-electron chi connectivity index (χ1n) is 7.78. The van der Waals surface area contributed by atoms with Crippen LogP contribution in [0.2, 0.25) is 0 Å². The molecule has 0 N–H and O–H groups in total. The summed E-state index contributed by atoms with van der Waals surface area (Å²) in [5.74, 6) is 0. The summed E-state index contributed by atoms with van der Waals surface area (Å²) in [5, 5.41) is 0. The molecule has 2 rings (SSSR count). The molecular formula is C15H33N3. The average molecular weight is 255 g/mol. The lowest BCUT2D eigenvalue weighted by molar-refractivity contribution is -0.0189. The smallest absolute Gasteiger partial charge is 0.0358 e. The van der Waals surface area contributed by atoms with Gasteiger partial charge in [-0.05, 0) is 53.0 Å². The third kappa shape index (κ3) is 3.69. The van der Waals surface area contributed by atoms with Crippen LogP contribution in [0, 0.1) is 0 Å². The van der Waals surface area contributed by atoms with E-state index in [2.05, 4.69) is 35.7 Å². The first-order chi connectivity index (χ1) is 8.66. The van der Waals surface area contributed by atoms with E-state index in [1.54, 1.807) is 0 Å². The van der Waals surface area contributed by atoms with E-state index in [1.807, 2.05) is 13.8 Å². The quantitative estimate of drug-likeness (QED) is 0.748. The van der Waals surface area contributed by atoms with Gasteiger partial charge in [-0.25, -0.2) is 0 Å². The number of nitrogens with zero attached hydrogens (tertiary/aromatic N) is 3. The maximum Gasteiger partial charge on any atom is 0.0358 e. The number of likely N-dealkylation sites (N-methyl/N-ethyl adjacent to an activating group) is 2. The van der Waals surface area contributed by atoms with Crippen LogP contribution in [0.4, 0.5) is 0 Å². The lowest BCUT2D eigenvalue weighted by atomic mass is 9.84. The standard InChI is InChI=1S/C13H27N3.C2H6/c1-4-7-16-8-5-13(6-9-16)12-14(2)10-11-15(13)3;1-2/h4-12H2,1-3H3;1-2H3. The zero-order valence-electron chi connectivity index (χ0n) is 13.2. The monoisotopic (exact) mass is 255 g/mol. The molecule has 0 bridgehead atoms. The van der Waals surface area contributed by atoms with Gasteiger partial charge in [0.1, 0.15) is 0 Å². The minimum absolute atomic E-state index is 0.483. The van der Waals surface area contributed by atoms with Crippen molar-refractivity contribution < 1.29 is 0 Å². The molecule has 2 aliphatic rings. The summed E-state index contributed by atoms with van der Waals surface area (Å²) in [6.45, 7) is 13.9. The Bertz CT molecular complexity index is 222. The van der Waals surface area contributed by atoms with Gasteiger partial charge in [0.15, 0.2) is 0 Å². The summed E-state index contributed by atoms with van der Waals surface area (Å²) < 4.78 is 0. The van der Waals surface area contributed by atoms with Crippen LogP contribution in [0.3, 0.4) is 0 Å². The fourth-order valence-corrected chi connectivity index (χ4v) is 3.31. The number of likely N-dealkylation sites (tertiary alicyclic amines) is 1. The summed E-state index contributed by atoms with van der Waals surface area (Å²) >= 11 is 0. The third-order valence-corrected chi connectivity index (χ3v) is 4.52. The van der Waals surface area contributed by atoms with E-state index in [0.29, 0.717) is 5.54 Å². The molecule has 3 nitrogen and oxygen atoms in total.